The molecule has 2 fully saturated rings. The van der Waals surface area contributed by atoms with Crippen molar-refractivity contribution in [1.29, 1.82) is 0 Å². The number of nitrogens with zero attached hydrogens (tertiary/aromatic N) is 6. The number of aromatic nitrogens is 5. The Balaban J connectivity index is 1.19. The molecule has 1 aliphatic heterocycles. The van der Waals surface area contributed by atoms with Gasteiger partial charge in [0.15, 0.2) is 0 Å². The number of amides is 1. The largest absolute Gasteiger partial charge is 0.311 e. The number of hydrogen-bond acceptors (Lipinski definition) is 5. The van der Waals surface area contributed by atoms with Gasteiger partial charge in [-0.3, -0.25) is 14.3 Å². The molecular formula is C23H29N7O. The SMILES string of the molecule is O=C(Nc1ccnn1C1CCN(Cc2cccn2-c2ncccn2)CC1)C1CCCC1. The zero-order chi connectivity index (χ0) is 21.0. The summed E-state index contributed by atoms with van der Waals surface area (Å²) in [6.45, 7) is 2.84. The lowest BCUT2D eigenvalue weighted by molar-refractivity contribution is -0.119. The number of likely N-dealkylation sites (tertiary alicyclic amines) is 1. The summed E-state index contributed by atoms with van der Waals surface area (Å²) >= 11 is 0. The van der Waals surface area contributed by atoms with E-state index in [0.717, 1.165) is 64.0 Å². The first kappa shape index (κ1) is 19.9. The fourth-order valence-corrected chi connectivity index (χ4v) is 4.83. The van der Waals surface area contributed by atoms with E-state index in [-0.39, 0.29) is 11.8 Å². The first-order valence-corrected chi connectivity index (χ1v) is 11.3. The molecule has 1 saturated carbocycles. The number of carbonyl (C=O) groups excluding carboxylic acids is 1. The summed E-state index contributed by atoms with van der Waals surface area (Å²) in [7, 11) is 0. The van der Waals surface area contributed by atoms with Crippen LogP contribution >= 0.6 is 0 Å². The van der Waals surface area contributed by atoms with E-state index in [9.17, 15) is 4.79 Å². The third-order valence-corrected chi connectivity index (χ3v) is 6.54. The quantitative estimate of drug-likeness (QED) is 0.662. The molecule has 0 unspecified atom stereocenters. The first-order chi connectivity index (χ1) is 15.3. The highest BCUT2D eigenvalue weighted by Crippen LogP contribution is 2.29. The van der Waals surface area contributed by atoms with E-state index in [0.29, 0.717) is 12.0 Å². The molecule has 2 aliphatic rings. The lowest BCUT2D eigenvalue weighted by Gasteiger charge is -2.32. The van der Waals surface area contributed by atoms with Gasteiger partial charge in [0.05, 0.1) is 12.2 Å². The Labute approximate surface area is 182 Å². The van der Waals surface area contributed by atoms with E-state index in [1.807, 2.05) is 29.1 Å². The zero-order valence-corrected chi connectivity index (χ0v) is 17.7. The van der Waals surface area contributed by atoms with E-state index in [4.69, 9.17) is 0 Å². The lowest BCUT2D eigenvalue weighted by atomic mass is 10.0. The maximum Gasteiger partial charge on any atom is 0.233 e. The number of anilines is 1. The highest BCUT2D eigenvalue weighted by atomic mass is 16.2. The van der Waals surface area contributed by atoms with Gasteiger partial charge in [0.1, 0.15) is 5.82 Å². The van der Waals surface area contributed by atoms with E-state index >= 15 is 0 Å². The molecule has 1 N–H and O–H groups in total. The molecular weight excluding hydrogens is 390 g/mol. The molecule has 3 aromatic heterocycles. The maximum absolute atomic E-state index is 12.6. The van der Waals surface area contributed by atoms with Gasteiger partial charge in [-0.2, -0.15) is 5.10 Å². The molecule has 0 bridgehead atoms. The lowest BCUT2D eigenvalue weighted by Crippen LogP contribution is -2.35. The van der Waals surface area contributed by atoms with Crippen LogP contribution in [0.25, 0.3) is 5.95 Å². The average Bonchev–Trinajstić information content (AvgIpc) is 3.57. The molecule has 1 aliphatic carbocycles. The molecule has 8 heteroatoms. The topological polar surface area (TPSA) is 80.9 Å². The highest BCUT2D eigenvalue weighted by Gasteiger charge is 2.26. The monoisotopic (exact) mass is 419 g/mol. The molecule has 162 valence electrons. The fraction of sp³-hybridized carbons (Fsp3) is 0.478. The standard InChI is InChI=1S/C23H29N7O/c31-22(18-5-1-2-6-18)27-21-8-13-26-30(21)19-9-15-28(16-10-19)17-20-7-3-14-29(20)23-24-11-4-12-25-23/h3-4,7-8,11-14,18-19H,1-2,5-6,9-10,15-17H2,(H,27,31). The van der Waals surface area contributed by atoms with Crippen molar-refractivity contribution in [3.8, 4) is 5.95 Å². The summed E-state index contributed by atoms with van der Waals surface area (Å²) in [5.74, 6) is 1.86. The van der Waals surface area contributed by atoms with Crippen molar-refractivity contribution in [2.75, 3.05) is 18.4 Å². The Bertz CT molecular complexity index is 998. The molecule has 8 nitrogen and oxygen atoms in total. The van der Waals surface area contributed by atoms with Crippen LogP contribution in [0.2, 0.25) is 0 Å². The second kappa shape index (κ2) is 9.01. The number of carbonyl (C=O) groups is 1. The summed E-state index contributed by atoms with van der Waals surface area (Å²) in [6.07, 6.45) is 13.7. The second-order valence-electron chi connectivity index (χ2n) is 8.56. The minimum absolute atomic E-state index is 0.153. The Kier molecular flexibility index (Phi) is 5.80. The van der Waals surface area contributed by atoms with Crippen LogP contribution in [-0.4, -0.2) is 48.2 Å². The summed E-state index contributed by atoms with van der Waals surface area (Å²) in [4.78, 5) is 23.8. The van der Waals surface area contributed by atoms with Crippen LogP contribution in [0.3, 0.4) is 0 Å². The Hall–Kier alpha value is -3.00. The highest BCUT2D eigenvalue weighted by molar-refractivity contribution is 5.91. The second-order valence-corrected chi connectivity index (χ2v) is 8.56. The molecule has 3 aromatic rings. The van der Waals surface area contributed by atoms with Gasteiger partial charge in [-0.05, 0) is 43.9 Å². The summed E-state index contributed by atoms with van der Waals surface area (Å²) in [5.41, 5.74) is 1.19. The normalized spacial score (nSPS) is 18.5. The Morgan fingerprint density at radius 1 is 1.00 bits per heavy atom. The molecule has 4 heterocycles. The average molecular weight is 420 g/mol. The van der Waals surface area contributed by atoms with Gasteiger partial charge < -0.3 is 5.32 Å². The number of rotatable bonds is 6. The Morgan fingerprint density at radius 3 is 2.55 bits per heavy atom. The van der Waals surface area contributed by atoms with Crippen molar-refractivity contribution in [1.82, 2.24) is 29.2 Å². The van der Waals surface area contributed by atoms with E-state index in [2.05, 4.69) is 35.9 Å². The van der Waals surface area contributed by atoms with Gasteiger partial charge in [-0.1, -0.05) is 12.8 Å². The molecule has 1 saturated heterocycles. The number of piperidine rings is 1. The minimum atomic E-state index is 0.153. The summed E-state index contributed by atoms with van der Waals surface area (Å²) < 4.78 is 4.07. The molecule has 1 amide bonds. The van der Waals surface area contributed by atoms with Gasteiger partial charge in [-0.15, -0.1) is 0 Å². The van der Waals surface area contributed by atoms with Gasteiger partial charge in [-0.25, -0.2) is 14.6 Å². The smallest absolute Gasteiger partial charge is 0.233 e. The van der Waals surface area contributed by atoms with Crippen molar-refractivity contribution >= 4 is 11.7 Å². The van der Waals surface area contributed by atoms with Crippen molar-refractivity contribution in [2.45, 2.75) is 51.1 Å². The van der Waals surface area contributed by atoms with Crippen molar-refractivity contribution in [3.05, 3.63) is 54.7 Å². The third-order valence-electron chi connectivity index (χ3n) is 6.54. The van der Waals surface area contributed by atoms with Gasteiger partial charge >= 0.3 is 0 Å². The fourth-order valence-electron chi connectivity index (χ4n) is 4.83. The molecule has 0 aromatic carbocycles. The zero-order valence-electron chi connectivity index (χ0n) is 17.7. The van der Waals surface area contributed by atoms with Crippen LogP contribution < -0.4 is 5.32 Å². The van der Waals surface area contributed by atoms with Crippen LogP contribution in [0.15, 0.2) is 49.1 Å². The number of nitrogens with one attached hydrogen (secondary N) is 1. The van der Waals surface area contributed by atoms with Crippen molar-refractivity contribution in [3.63, 3.8) is 0 Å². The molecule has 31 heavy (non-hydrogen) atoms. The molecule has 0 radical (unpaired) electrons. The maximum atomic E-state index is 12.6. The van der Waals surface area contributed by atoms with Crippen LogP contribution in [0.5, 0.6) is 0 Å². The molecule has 0 spiro atoms. The van der Waals surface area contributed by atoms with Crippen LogP contribution in [0, 0.1) is 5.92 Å². The first-order valence-electron chi connectivity index (χ1n) is 11.3. The van der Waals surface area contributed by atoms with E-state index < -0.39 is 0 Å². The van der Waals surface area contributed by atoms with Crippen molar-refractivity contribution < 1.29 is 4.79 Å². The predicted octanol–water partition coefficient (Wildman–Crippen LogP) is 3.43. The summed E-state index contributed by atoms with van der Waals surface area (Å²) in [5, 5.41) is 7.67. The van der Waals surface area contributed by atoms with Gasteiger partial charge in [0.2, 0.25) is 11.9 Å². The predicted molar refractivity (Wildman–Crippen MR) is 118 cm³/mol. The summed E-state index contributed by atoms with van der Waals surface area (Å²) in [6, 6.07) is 8.24. The Morgan fingerprint density at radius 2 is 1.77 bits per heavy atom. The van der Waals surface area contributed by atoms with Crippen LogP contribution in [0.4, 0.5) is 5.82 Å². The third kappa shape index (κ3) is 4.39. The molecule has 0 atom stereocenters. The van der Waals surface area contributed by atoms with E-state index in [1.165, 1.54) is 5.69 Å². The molecule has 5 rings (SSSR count). The van der Waals surface area contributed by atoms with Gasteiger partial charge in [0, 0.05) is 55.9 Å². The number of hydrogen-bond donors (Lipinski definition) is 1. The van der Waals surface area contributed by atoms with Gasteiger partial charge in [0.25, 0.3) is 0 Å². The van der Waals surface area contributed by atoms with Crippen LogP contribution in [-0.2, 0) is 11.3 Å². The minimum Gasteiger partial charge on any atom is -0.311 e. The van der Waals surface area contributed by atoms with Crippen LogP contribution in [0.1, 0.15) is 50.3 Å². The van der Waals surface area contributed by atoms with Crippen molar-refractivity contribution in [2.24, 2.45) is 5.92 Å². The van der Waals surface area contributed by atoms with E-state index in [1.54, 1.807) is 18.6 Å².